The monoisotopic (exact) mass is 316 g/mol. The van der Waals surface area contributed by atoms with Gasteiger partial charge in [0.1, 0.15) is 0 Å². The number of hydrogen-bond donors (Lipinski definition) is 1. The minimum Gasteiger partial charge on any atom is -0.350 e. The number of fused-ring (bicyclic) bond motifs is 1. The topological polar surface area (TPSA) is 66.7 Å². The van der Waals surface area contributed by atoms with Crippen LogP contribution >= 0.6 is 0 Å². The van der Waals surface area contributed by atoms with Gasteiger partial charge >= 0.3 is 0 Å². The molecular formula is C17H24N4O2. The molecule has 0 radical (unpaired) electrons. The molecule has 2 aromatic heterocycles. The van der Waals surface area contributed by atoms with Crippen molar-refractivity contribution in [1.82, 2.24) is 19.6 Å². The molecule has 0 fully saturated rings. The summed E-state index contributed by atoms with van der Waals surface area (Å²) >= 11 is 0. The molecular weight excluding hydrogens is 292 g/mol. The standard InChI is InChI=1S/C17H24N4O2/c1-5-20(6-2)17(23)15-19-14(16(22)18-11-12(3)4)13-9-7-8-10-21(13)15/h7-10,12H,5-6,11H2,1-4H3,(H,18,22). The Bertz CT molecular complexity index is 702. The second-order valence-corrected chi connectivity index (χ2v) is 5.82. The van der Waals surface area contributed by atoms with E-state index in [9.17, 15) is 9.59 Å². The second kappa shape index (κ2) is 7.26. The average Bonchev–Trinajstić information content (AvgIpc) is 2.93. The van der Waals surface area contributed by atoms with Crippen LogP contribution in [0.1, 0.15) is 48.8 Å². The number of hydrogen-bond acceptors (Lipinski definition) is 3. The molecule has 0 aliphatic rings. The quantitative estimate of drug-likeness (QED) is 0.888. The summed E-state index contributed by atoms with van der Waals surface area (Å²) in [6, 6.07) is 5.46. The van der Waals surface area contributed by atoms with Gasteiger partial charge < -0.3 is 10.2 Å². The summed E-state index contributed by atoms with van der Waals surface area (Å²) < 4.78 is 1.69. The summed E-state index contributed by atoms with van der Waals surface area (Å²) in [4.78, 5) is 31.1. The first kappa shape index (κ1) is 17.0. The molecule has 0 saturated carbocycles. The van der Waals surface area contributed by atoms with Crippen molar-refractivity contribution in [2.45, 2.75) is 27.7 Å². The van der Waals surface area contributed by atoms with Crippen LogP contribution in [0.15, 0.2) is 24.4 Å². The molecule has 6 nitrogen and oxygen atoms in total. The molecule has 0 aliphatic heterocycles. The van der Waals surface area contributed by atoms with Crippen molar-refractivity contribution in [3.63, 3.8) is 0 Å². The SMILES string of the molecule is CCN(CC)C(=O)c1nc(C(=O)NCC(C)C)c2ccccn12. The van der Waals surface area contributed by atoms with E-state index in [4.69, 9.17) is 0 Å². The maximum atomic E-state index is 12.6. The van der Waals surface area contributed by atoms with Crippen LogP contribution in [0.4, 0.5) is 0 Å². The molecule has 0 bridgehead atoms. The number of nitrogens with zero attached hydrogens (tertiary/aromatic N) is 3. The molecule has 0 aromatic carbocycles. The van der Waals surface area contributed by atoms with Crippen molar-refractivity contribution in [1.29, 1.82) is 0 Å². The molecule has 0 unspecified atom stereocenters. The molecule has 6 heteroatoms. The van der Waals surface area contributed by atoms with Crippen LogP contribution < -0.4 is 5.32 Å². The predicted molar refractivity (Wildman–Crippen MR) is 89.6 cm³/mol. The first-order valence-corrected chi connectivity index (χ1v) is 8.04. The Labute approximate surface area is 136 Å². The average molecular weight is 316 g/mol. The number of aromatic nitrogens is 2. The van der Waals surface area contributed by atoms with Crippen molar-refractivity contribution < 1.29 is 9.59 Å². The van der Waals surface area contributed by atoms with Crippen LogP contribution in [-0.4, -0.2) is 45.7 Å². The number of rotatable bonds is 6. The highest BCUT2D eigenvalue weighted by Gasteiger charge is 2.23. The minimum absolute atomic E-state index is 0.167. The third kappa shape index (κ3) is 3.52. The lowest BCUT2D eigenvalue weighted by molar-refractivity contribution is 0.0760. The number of pyridine rings is 1. The van der Waals surface area contributed by atoms with Gasteiger partial charge in [-0.25, -0.2) is 4.98 Å². The van der Waals surface area contributed by atoms with E-state index in [1.807, 2.05) is 39.8 Å². The Hall–Kier alpha value is -2.37. The van der Waals surface area contributed by atoms with E-state index in [2.05, 4.69) is 10.3 Å². The third-order valence-electron chi connectivity index (χ3n) is 3.68. The number of amides is 2. The van der Waals surface area contributed by atoms with E-state index in [1.165, 1.54) is 0 Å². The Morgan fingerprint density at radius 2 is 1.96 bits per heavy atom. The fourth-order valence-corrected chi connectivity index (χ4v) is 2.39. The van der Waals surface area contributed by atoms with Crippen LogP contribution in [-0.2, 0) is 0 Å². The van der Waals surface area contributed by atoms with Gasteiger partial charge in [-0.15, -0.1) is 0 Å². The fourth-order valence-electron chi connectivity index (χ4n) is 2.39. The molecule has 1 N–H and O–H groups in total. The maximum Gasteiger partial charge on any atom is 0.290 e. The van der Waals surface area contributed by atoms with Gasteiger partial charge in [0.15, 0.2) is 5.69 Å². The van der Waals surface area contributed by atoms with E-state index < -0.39 is 0 Å². The molecule has 2 rings (SSSR count). The highest BCUT2D eigenvalue weighted by Crippen LogP contribution is 2.15. The summed E-state index contributed by atoms with van der Waals surface area (Å²) in [5.74, 6) is 0.212. The van der Waals surface area contributed by atoms with Gasteiger partial charge in [-0.05, 0) is 31.9 Å². The molecule has 0 aliphatic carbocycles. The van der Waals surface area contributed by atoms with Gasteiger partial charge in [-0.2, -0.15) is 0 Å². The molecule has 2 aromatic rings. The number of carbonyl (C=O) groups excluding carboxylic acids is 2. The van der Waals surface area contributed by atoms with Gasteiger partial charge in [-0.1, -0.05) is 19.9 Å². The van der Waals surface area contributed by atoms with Crippen LogP contribution in [0.25, 0.3) is 5.52 Å². The molecule has 0 spiro atoms. The van der Waals surface area contributed by atoms with Crippen molar-refractivity contribution in [3.8, 4) is 0 Å². The predicted octanol–water partition coefficient (Wildman–Crippen LogP) is 2.20. The van der Waals surface area contributed by atoms with Gasteiger partial charge in [0.25, 0.3) is 11.8 Å². The zero-order valence-electron chi connectivity index (χ0n) is 14.2. The number of carbonyl (C=O) groups is 2. The summed E-state index contributed by atoms with van der Waals surface area (Å²) in [6.07, 6.45) is 1.76. The molecule has 23 heavy (non-hydrogen) atoms. The molecule has 2 heterocycles. The van der Waals surface area contributed by atoms with Crippen molar-refractivity contribution >= 4 is 17.3 Å². The van der Waals surface area contributed by atoms with Crippen molar-refractivity contribution in [3.05, 3.63) is 35.9 Å². The largest absolute Gasteiger partial charge is 0.350 e. The van der Waals surface area contributed by atoms with E-state index in [-0.39, 0.29) is 17.6 Å². The van der Waals surface area contributed by atoms with Gasteiger partial charge in [0, 0.05) is 25.8 Å². The first-order chi connectivity index (χ1) is 11.0. The first-order valence-electron chi connectivity index (χ1n) is 8.04. The zero-order chi connectivity index (χ0) is 17.0. The second-order valence-electron chi connectivity index (χ2n) is 5.82. The molecule has 2 amide bonds. The minimum atomic E-state index is -0.249. The van der Waals surface area contributed by atoms with E-state index >= 15 is 0 Å². The van der Waals surface area contributed by atoms with E-state index in [0.29, 0.717) is 36.8 Å². The lowest BCUT2D eigenvalue weighted by Gasteiger charge is -2.17. The van der Waals surface area contributed by atoms with Gasteiger partial charge in [-0.3, -0.25) is 14.0 Å². The molecule has 0 atom stereocenters. The van der Waals surface area contributed by atoms with Crippen LogP contribution in [0, 0.1) is 5.92 Å². The van der Waals surface area contributed by atoms with Crippen LogP contribution in [0.3, 0.4) is 0 Å². The lowest BCUT2D eigenvalue weighted by atomic mass is 10.2. The summed E-state index contributed by atoms with van der Waals surface area (Å²) in [7, 11) is 0. The summed E-state index contributed by atoms with van der Waals surface area (Å²) in [5.41, 5.74) is 0.936. The zero-order valence-corrected chi connectivity index (χ0v) is 14.2. The Morgan fingerprint density at radius 1 is 1.26 bits per heavy atom. The highest BCUT2D eigenvalue weighted by atomic mass is 16.2. The summed E-state index contributed by atoms with van der Waals surface area (Å²) in [6.45, 7) is 9.69. The highest BCUT2D eigenvalue weighted by molar-refractivity contribution is 6.02. The van der Waals surface area contributed by atoms with Crippen molar-refractivity contribution in [2.24, 2.45) is 5.92 Å². The summed E-state index contributed by atoms with van der Waals surface area (Å²) in [5, 5.41) is 2.86. The Balaban J connectivity index is 2.44. The fraction of sp³-hybridized carbons (Fsp3) is 0.471. The number of nitrogens with one attached hydrogen (secondary N) is 1. The smallest absolute Gasteiger partial charge is 0.290 e. The Kier molecular flexibility index (Phi) is 5.36. The van der Waals surface area contributed by atoms with Crippen LogP contribution in [0.2, 0.25) is 0 Å². The van der Waals surface area contributed by atoms with E-state index in [1.54, 1.807) is 21.6 Å². The van der Waals surface area contributed by atoms with Crippen molar-refractivity contribution in [2.75, 3.05) is 19.6 Å². The normalized spacial score (nSPS) is 11.0. The Morgan fingerprint density at radius 3 is 2.57 bits per heavy atom. The molecule has 0 saturated heterocycles. The molecule has 124 valence electrons. The number of imidazole rings is 1. The maximum absolute atomic E-state index is 12.6. The lowest BCUT2D eigenvalue weighted by Crippen LogP contribution is -2.32. The third-order valence-corrected chi connectivity index (χ3v) is 3.68. The van der Waals surface area contributed by atoms with Gasteiger partial charge in [0.2, 0.25) is 5.82 Å². The van der Waals surface area contributed by atoms with E-state index in [0.717, 1.165) is 0 Å². The van der Waals surface area contributed by atoms with Crippen LogP contribution in [0.5, 0.6) is 0 Å². The van der Waals surface area contributed by atoms with Gasteiger partial charge in [0.05, 0.1) is 5.52 Å².